The second-order valence-electron chi connectivity index (χ2n) is 4.52. The number of rotatable bonds is 3. The van der Waals surface area contributed by atoms with Crippen LogP contribution in [0.4, 0.5) is 17.3 Å². The molecule has 3 rings (SSSR count). The van der Waals surface area contributed by atoms with Crippen molar-refractivity contribution in [1.29, 1.82) is 0 Å². The van der Waals surface area contributed by atoms with Crippen molar-refractivity contribution in [3.8, 4) is 0 Å². The van der Waals surface area contributed by atoms with Crippen LogP contribution in [0.2, 0.25) is 0 Å². The number of nitrogens with two attached hydrogens (primary N) is 2. The van der Waals surface area contributed by atoms with Gasteiger partial charge in [-0.3, -0.25) is 4.98 Å². The van der Waals surface area contributed by atoms with Crippen LogP contribution in [0.5, 0.6) is 0 Å². The van der Waals surface area contributed by atoms with Gasteiger partial charge in [-0.1, -0.05) is 24.3 Å². The van der Waals surface area contributed by atoms with Crippen LogP contribution in [-0.2, 0) is 6.54 Å². The summed E-state index contributed by atoms with van der Waals surface area (Å²) >= 11 is 0. The lowest BCUT2D eigenvalue weighted by Gasteiger charge is -2.09. The van der Waals surface area contributed by atoms with Crippen molar-refractivity contribution < 1.29 is 0 Å². The van der Waals surface area contributed by atoms with Crippen LogP contribution < -0.4 is 16.8 Å². The van der Waals surface area contributed by atoms with E-state index in [1.165, 1.54) is 0 Å². The summed E-state index contributed by atoms with van der Waals surface area (Å²) in [7, 11) is 0. The number of anilines is 3. The van der Waals surface area contributed by atoms with Crippen LogP contribution in [0.3, 0.4) is 0 Å². The molecule has 0 spiro atoms. The van der Waals surface area contributed by atoms with Gasteiger partial charge in [-0.2, -0.15) is 0 Å². The number of hydrogen-bond donors (Lipinski definition) is 3. The molecule has 0 bridgehead atoms. The first-order valence-corrected chi connectivity index (χ1v) is 6.32. The van der Waals surface area contributed by atoms with Gasteiger partial charge in [0.05, 0.1) is 11.2 Å². The van der Waals surface area contributed by atoms with Crippen molar-refractivity contribution in [2.45, 2.75) is 6.54 Å². The largest absolute Gasteiger partial charge is 0.396 e. The highest BCUT2D eigenvalue weighted by molar-refractivity contribution is 5.81. The molecular weight excluding hydrogens is 250 g/mol. The van der Waals surface area contributed by atoms with E-state index >= 15 is 0 Å². The lowest BCUT2D eigenvalue weighted by molar-refractivity contribution is 1.12. The first-order valence-electron chi connectivity index (χ1n) is 6.32. The van der Waals surface area contributed by atoms with Crippen molar-refractivity contribution in [2.75, 3.05) is 16.8 Å². The average Bonchev–Trinajstić information content (AvgIpc) is 2.48. The molecule has 5 nitrogen and oxygen atoms in total. The van der Waals surface area contributed by atoms with E-state index in [2.05, 4.69) is 15.3 Å². The van der Waals surface area contributed by atoms with E-state index in [9.17, 15) is 0 Å². The highest BCUT2D eigenvalue weighted by Gasteiger charge is 2.03. The summed E-state index contributed by atoms with van der Waals surface area (Å²) in [5.74, 6) is 1.04. The zero-order chi connectivity index (χ0) is 13.9. The normalized spacial score (nSPS) is 10.6. The van der Waals surface area contributed by atoms with Gasteiger partial charge in [0.2, 0.25) is 0 Å². The number of nitrogens with one attached hydrogen (secondary N) is 1. The molecule has 0 fully saturated rings. The zero-order valence-corrected chi connectivity index (χ0v) is 10.9. The van der Waals surface area contributed by atoms with Gasteiger partial charge in [0.1, 0.15) is 11.6 Å². The number of aromatic nitrogens is 2. The maximum absolute atomic E-state index is 5.69. The molecule has 20 heavy (non-hydrogen) atoms. The minimum atomic E-state index is 0.339. The Labute approximate surface area is 116 Å². The van der Waals surface area contributed by atoms with Crippen molar-refractivity contribution >= 4 is 28.2 Å². The van der Waals surface area contributed by atoms with Crippen molar-refractivity contribution in [3.05, 3.63) is 54.2 Å². The van der Waals surface area contributed by atoms with Crippen molar-refractivity contribution in [2.24, 2.45) is 0 Å². The fourth-order valence-electron chi connectivity index (χ4n) is 2.08. The second kappa shape index (κ2) is 5.05. The Balaban J connectivity index is 1.85. The van der Waals surface area contributed by atoms with Gasteiger partial charge in [0.25, 0.3) is 0 Å². The smallest absolute Gasteiger partial charge is 0.149 e. The first kappa shape index (κ1) is 12.2. The van der Waals surface area contributed by atoms with Crippen LogP contribution in [0.15, 0.2) is 48.7 Å². The quantitative estimate of drug-likeness (QED) is 0.676. The number of para-hydroxylation sites is 1. The zero-order valence-electron chi connectivity index (χ0n) is 10.9. The molecule has 0 radical (unpaired) electrons. The molecule has 0 unspecified atom stereocenters. The van der Waals surface area contributed by atoms with E-state index in [4.69, 9.17) is 11.5 Å². The predicted molar refractivity (Wildman–Crippen MR) is 82.1 cm³/mol. The third-order valence-corrected chi connectivity index (χ3v) is 3.13. The molecular formula is C15H15N5. The Morgan fingerprint density at radius 1 is 1.00 bits per heavy atom. The Bertz CT molecular complexity index is 749. The van der Waals surface area contributed by atoms with E-state index < -0.39 is 0 Å². The summed E-state index contributed by atoms with van der Waals surface area (Å²) in [6.07, 6.45) is 1.80. The van der Waals surface area contributed by atoms with E-state index in [1.54, 1.807) is 12.3 Å². The standard InChI is InChI=1S/C15H15N5/c16-12-6-7-13(20-15(12)17)19-9-11-4-1-3-10-5-2-8-18-14(10)11/h1-8H,9,16H2,(H3,17,19,20). The van der Waals surface area contributed by atoms with Crippen LogP contribution >= 0.6 is 0 Å². The van der Waals surface area contributed by atoms with Crippen molar-refractivity contribution in [3.63, 3.8) is 0 Å². The van der Waals surface area contributed by atoms with E-state index in [0.717, 1.165) is 16.5 Å². The molecule has 0 aliphatic rings. The minimum Gasteiger partial charge on any atom is -0.396 e. The topological polar surface area (TPSA) is 89.8 Å². The lowest BCUT2D eigenvalue weighted by atomic mass is 10.1. The Morgan fingerprint density at radius 3 is 2.70 bits per heavy atom. The molecule has 2 aromatic heterocycles. The molecule has 0 aliphatic heterocycles. The number of fused-ring (bicyclic) bond motifs is 1. The monoisotopic (exact) mass is 265 g/mol. The van der Waals surface area contributed by atoms with Gasteiger partial charge >= 0.3 is 0 Å². The van der Waals surface area contributed by atoms with Crippen LogP contribution in [0, 0.1) is 0 Å². The van der Waals surface area contributed by atoms with Gasteiger partial charge in [-0.15, -0.1) is 0 Å². The highest BCUT2D eigenvalue weighted by atomic mass is 15.0. The minimum absolute atomic E-state index is 0.339. The molecule has 0 saturated carbocycles. The SMILES string of the molecule is Nc1ccc(NCc2cccc3cccnc23)nc1N. The van der Waals surface area contributed by atoms with Gasteiger partial charge in [0, 0.05) is 18.1 Å². The second-order valence-corrected chi connectivity index (χ2v) is 4.52. The summed E-state index contributed by atoms with van der Waals surface area (Å²) in [5, 5.41) is 4.36. The Kier molecular flexibility index (Phi) is 3.09. The van der Waals surface area contributed by atoms with Gasteiger partial charge < -0.3 is 16.8 Å². The number of hydrogen-bond acceptors (Lipinski definition) is 5. The Hall–Kier alpha value is -2.82. The number of nitrogens with zero attached hydrogens (tertiary/aromatic N) is 2. The molecule has 0 saturated heterocycles. The summed E-state index contributed by atoms with van der Waals surface area (Å²) in [5.41, 5.74) is 13.9. The fourth-order valence-corrected chi connectivity index (χ4v) is 2.08. The van der Waals surface area contributed by atoms with Crippen molar-refractivity contribution in [1.82, 2.24) is 9.97 Å². The molecule has 1 aromatic carbocycles. The third kappa shape index (κ3) is 2.33. The van der Waals surface area contributed by atoms with E-state index in [-0.39, 0.29) is 0 Å². The molecule has 100 valence electrons. The molecule has 2 heterocycles. The van der Waals surface area contributed by atoms with Crippen LogP contribution in [-0.4, -0.2) is 9.97 Å². The molecule has 0 amide bonds. The third-order valence-electron chi connectivity index (χ3n) is 3.13. The number of benzene rings is 1. The van der Waals surface area contributed by atoms with Gasteiger partial charge in [0.15, 0.2) is 0 Å². The van der Waals surface area contributed by atoms with Gasteiger partial charge in [-0.25, -0.2) is 4.98 Å². The van der Waals surface area contributed by atoms with Crippen LogP contribution in [0.25, 0.3) is 10.9 Å². The van der Waals surface area contributed by atoms with E-state index in [1.807, 2.05) is 36.4 Å². The summed E-state index contributed by atoms with van der Waals surface area (Å²) in [6, 6.07) is 13.6. The summed E-state index contributed by atoms with van der Waals surface area (Å²) < 4.78 is 0. The van der Waals surface area contributed by atoms with Gasteiger partial charge in [-0.05, 0) is 23.8 Å². The molecule has 5 N–H and O–H groups in total. The molecule has 5 heteroatoms. The molecule has 0 aliphatic carbocycles. The Morgan fingerprint density at radius 2 is 1.85 bits per heavy atom. The number of pyridine rings is 2. The summed E-state index contributed by atoms with van der Waals surface area (Å²) in [6.45, 7) is 0.630. The predicted octanol–water partition coefficient (Wildman–Crippen LogP) is 2.41. The number of nitrogen functional groups attached to an aromatic ring is 2. The fraction of sp³-hybridized carbons (Fsp3) is 0.0667. The molecule has 3 aromatic rings. The summed E-state index contributed by atoms with van der Waals surface area (Å²) in [4.78, 5) is 8.61. The van der Waals surface area contributed by atoms with Crippen LogP contribution in [0.1, 0.15) is 5.56 Å². The highest BCUT2D eigenvalue weighted by Crippen LogP contribution is 2.18. The molecule has 0 atom stereocenters. The van der Waals surface area contributed by atoms with E-state index in [0.29, 0.717) is 23.9 Å². The maximum atomic E-state index is 5.69. The first-order chi connectivity index (χ1) is 9.74. The lowest BCUT2D eigenvalue weighted by Crippen LogP contribution is -2.05. The average molecular weight is 265 g/mol. The maximum Gasteiger partial charge on any atom is 0.149 e.